The highest BCUT2D eigenvalue weighted by Gasteiger charge is 2.39. The quantitative estimate of drug-likeness (QED) is 0.0124. The van der Waals surface area contributed by atoms with E-state index in [1.165, 1.54) is 56.5 Å². The van der Waals surface area contributed by atoms with Gasteiger partial charge < -0.3 is 87.4 Å². The number of hydrogen-bond acceptors (Lipinski definition) is 23. The fourth-order valence-corrected chi connectivity index (χ4v) is 14.2. The van der Waals surface area contributed by atoms with Gasteiger partial charge in [0.2, 0.25) is 29.5 Å². The van der Waals surface area contributed by atoms with Crippen molar-refractivity contribution in [2.75, 3.05) is 45.0 Å². The van der Waals surface area contributed by atoms with E-state index in [4.69, 9.17) is 14.6 Å². The van der Waals surface area contributed by atoms with E-state index in [1.54, 1.807) is 32.9 Å². The maximum absolute atomic E-state index is 14.8. The molecule has 1 aliphatic rings. The highest BCUT2D eigenvalue weighted by atomic mass is 33.1. The maximum Gasteiger partial charge on any atom is 0.426 e. The zero-order chi connectivity index (χ0) is 79.3. The molecule has 3 heterocycles. The minimum Gasteiger partial charge on any atom is -0.508 e. The van der Waals surface area contributed by atoms with Crippen LogP contribution in [0.15, 0.2) is 42.2 Å². The van der Waals surface area contributed by atoms with Crippen LogP contribution in [0.1, 0.15) is 178 Å². The summed E-state index contributed by atoms with van der Waals surface area (Å²) < 4.78 is 10.9. The van der Waals surface area contributed by atoms with Crippen LogP contribution in [0.25, 0.3) is 0 Å². The number of aromatic nitrogens is 3. The number of aliphatic hydroxyl groups is 1. The molecular formula is C69H107N15O20S3. The number of nitrogens with zero attached hydrogens (tertiary/aromatic N) is 4. The lowest BCUT2D eigenvalue weighted by atomic mass is 9.92. The Bertz CT molecular complexity index is 3370. The van der Waals surface area contributed by atoms with Gasteiger partial charge in [-0.25, -0.2) is 34.6 Å². The standard InChI is InChI=1S/C69H107N15O20S3/c1-10-16-57(91)104-38-84(65(97)58(40(5)11-2)80-63(96)52-18-13-15-26-83(52)9)53(39(3)4)33-54(86)64-77-51(36-105-64)62(95)75-45(30-44-19-21-47(85)22-20-44)29-41(6)59(92)81-82-69(102)103-27-28-106-107-35-43(8)73-60(93)49(31-46-34-70-37-72-46)76-61(94)50(32-56(89)90)79-67(100)71-25-14-12-17-42(7)74-68(101)78-48(66(98)99)23-24-55(87)88/h19-22,34,36-37,39-43,45,48-50,52-54,58,85-86H,10-18,23-33,35,38H2,1-9H3,(H,70,72)(H,73,93)(H,75,95)(H,76,94)(H,80,96)(H,81,92)(H,82,102)(H,87,88)(H,89,90)(H,98,99)(H2,71,79,100)(H2,74,78,101)/t40?,41-,42+,43+,45+,48-,49-,50-,52+,53+,54+,58-/m0/s1. The van der Waals surface area contributed by atoms with E-state index in [0.29, 0.717) is 55.5 Å². The van der Waals surface area contributed by atoms with Crippen molar-refractivity contribution in [2.45, 2.75) is 219 Å². The molecule has 0 saturated carbocycles. The summed E-state index contributed by atoms with van der Waals surface area (Å²) >= 11 is 1.02. The van der Waals surface area contributed by atoms with Crippen molar-refractivity contribution in [1.82, 2.24) is 78.1 Å². The van der Waals surface area contributed by atoms with Gasteiger partial charge in [0.05, 0.1) is 24.5 Å². The summed E-state index contributed by atoms with van der Waals surface area (Å²) in [6.07, 6.45) is 3.91. The number of hydrogen-bond donors (Lipinski definition) is 16. The van der Waals surface area contributed by atoms with Gasteiger partial charge in [0.25, 0.3) is 5.91 Å². The summed E-state index contributed by atoms with van der Waals surface area (Å²) in [5, 5.41) is 72.3. The van der Waals surface area contributed by atoms with Gasteiger partial charge >= 0.3 is 42.0 Å². The van der Waals surface area contributed by atoms with Crippen molar-refractivity contribution >= 4 is 110 Å². The van der Waals surface area contributed by atoms with Crippen LogP contribution in [0, 0.1) is 17.8 Å². The van der Waals surface area contributed by atoms with Gasteiger partial charge in [0.15, 0.2) is 6.73 Å². The first-order valence-corrected chi connectivity index (χ1v) is 39.2. The van der Waals surface area contributed by atoms with E-state index >= 15 is 0 Å². The number of unbranched alkanes of at least 4 members (excludes halogenated alkanes) is 1. The molecule has 0 radical (unpaired) electrons. The van der Waals surface area contributed by atoms with Gasteiger partial charge in [0.1, 0.15) is 53.3 Å². The first-order chi connectivity index (χ1) is 50.8. The average Bonchev–Trinajstić information content (AvgIpc) is 1.80. The molecule has 11 amide bonds. The summed E-state index contributed by atoms with van der Waals surface area (Å²) in [7, 11) is 4.50. The number of likely N-dealkylation sites (N-methyl/N-ethyl adjacent to an activating group) is 1. The molecule has 3 aromatic rings. The molecule has 0 spiro atoms. The summed E-state index contributed by atoms with van der Waals surface area (Å²) in [5.41, 5.74) is 5.62. The number of nitrogens with one attached hydrogen (secondary N) is 11. The number of phenolic OH excluding ortho intramolecular Hbond substituents is 1. The first-order valence-electron chi connectivity index (χ1n) is 35.8. The number of urea groups is 2. The second kappa shape index (κ2) is 47.6. The Morgan fingerprint density at radius 3 is 2.10 bits per heavy atom. The predicted octanol–water partition coefficient (Wildman–Crippen LogP) is 4.22. The Balaban J connectivity index is 1.27. The third-order valence-electron chi connectivity index (χ3n) is 17.5. The van der Waals surface area contributed by atoms with Crippen molar-refractivity contribution in [3.05, 3.63) is 64.1 Å². The number of carboxylic acid groups (broad SMARTS) is 3. The number of carbonyl (C=O) groups is 13. The average molecular weight is 1560 g/mol. The Kier molecular flexibility index (Phi) is 40.2. The van der Waals surface area contributed by atoms with Gasteiger partial charge in [-0.2, -0.15) is 0 Å². The lowest BCUT2D eigenvalue weighted by Crippen LogP contribution is -2.59. The van der Waals surface area contributed by atoms with Crippen molar-refractivity contribution in [3.63, 3.8) is 0 Å². The van der Waals surface area contributed by atoms with E-state index in [-0.39, 0.29) is 91.6 Å². The van der Waals surface area contributed by atoms with Gasteiger partial charge in [-0.05, 0) is 115 Å². The number of aliphatic carboxylic acids is 3. The van der Waals surface area contributed by atoms with E-state index in [1.807, 2.05) is 46.6 Å². The number of amides is 11. The number of rotatable bonds is 47. The van der Waals surface area contributed by atoms with Crippen LogP contribution in [0.4, 0.5) is 14.4 Å². The number of carbonyl (C=O) groups excluding carboxylic acids is 10. The van der Waals surface area contributed by atoms with Crippen LogP contribution in [-0.4, -0.2) is 227 Å². The van der Waals surface area contributed by atoms with Crippen molar-refractivity contribution in [1.29, 1.82) is 0 Å². The minimum absolute atomic E-state index is 0.0122. The van der Waals surface area contributed by atoms with Gasteiger partial charge in [-0.15, -0.1) is 11.3 Å². The van der Waals surface area contributed by atoms with Crippen LogP contribution < -0.4 is 53.4 Å². The van der Waals surface area contributed by atoms with Crippen molar-refractivity contribution in [3.8, 4) is 5.75 Å². The van der Waals surface area contributed by atoms with Gasteiger partial charge in [-0.1, -0.05) is 88.1 Å². The van der Waals surface area contributed by atoms with Crippen LogP contribution in [-0.2, 0) is 65.5 Å². The second-order valence-electron chi connectivity index (χ2n) is 26.9. The highest BCUT2D eigenvalue weighted by Crippen LogP contribution is 2.30. The monoisotopic (exact) mass is 1560 g/mol. The topological polar surface area (TPSA) is 510 Å². The highest BCUT2D eigenvalue weighted by molar-refractivity contribution is 8.76. The van der Waals surface area contributed by atoms with Crippen LogP contribution in [0.3, 0.4) is 0 Å². The molecule has 1 unspecified atom stereocenters. The number of aromatic hydroxyl groups is 1. The second-order valence-corrected chi connectivity index (χ2v) is 30.4. The first kappa shape index (κ1) is 90.4. The third kappa shape index (κ3) is 33.8. The normalized spacial score (nSPS) is 16.0. The smallest absolute Gasteiger partial charge is 0.426 e. The predicted molar refractivity (Wildman–Crippen MR) is 397 cm³/mol. The van der Waals surface area contributed by atoms with E-state index in [0.717, 1.165) is 30.7 Å². The molecule has 2 aromatic heterocycles. The molecule has 1 fully saturated rings. The third-order valence-corrected chi connectivity index (χ3v) is 21.0. The summed E-state index contributed by atoms with van der Waals surface area (Å²) in [6.45, 7) is 14.6. The van der Waals surface area contributed by atoms with Crippen molar-refractivity contribution in [2.24, 2.45) is 17.8 Å². The number of likely N-dealkylation sites (tertiary alicyclic amines) is 1. The molecule has 107 heavy (non-hydrogen) atoms. The molecule has 0 bridgehead atoms. The molecule has 1 saturated heterocycles. The number of thiazole rings is 1. The Labute approximate surface area is 634 Å². The number of ether oxygens (including phenoxy) is 2. The fourth-order valence-electron chi connectivity index (χ4n) is 11.3. The zero-order valence-corrected chi connectivity index (χ0v) is 64.4. The largest absolute Gasteiger partial charge is 0.508 e. The number of benzene rings is 1. The molecule has 1 aliphatic heterocycles. The number of aliphatic hydroxyl groups excluding tert-OH is 1. The molecular weight excluding hydrogens is 1460 g/mol. The van der Waals surface area contributed by atoms with Crippen LogP contribution in [0.2, 0.25) is 0 Å². The molecule has 16 N–H and O–H groups in total. The lowest BCUT2D eigenvalue weighted by molar-refractivity contribution is -0.159. The Hall–Kier alpha value is -9.01. The lowest BCUT2D eigenvalue weighted by Gasteiger charge is -2.39. The maximum atomic E-state index is 14.8. The molecule has 0 aliphatic carbocycles. The number of H-pyrrole nitrogens is 1. The Morgan fingerprint density at radius 2 is 1.46 bits per heavy atom. The number of aromatic amines is 1. The molecule has 4 rings (SSSR count). The molecule has 596 valence electrons. The molecule has 38 heteroatoms. The number of piperidine rings is 1. The summed E-state index contributed by atoms with van der Waals surface area (Å²) in [4.78, 5) is 183. The zero-order valence-electron chi connectivity index (χ0n) is 62.0. The molecule has 35 nitrogen and oxygen atoms in total. The van der Waals surface area contributed by atoms with E-state index in [9.17, 15) is 82.8 Å². The number of carboxylic acids is 3. The summed E-state index contributed by atoms with van der Waals surface area (Å²) in [6, 6.07) is -3.50. The SMILES string of the molecule is CCCC(=O)OCN(C(=O)[C@@H](NC(=O)[C@H]1CCCCN1C)C(C)CC)[C@H](C[C@@H](O)c1nc(C(=O)N[C@@H](Cc2ccc(O)cc2)C[C@H](C)C(=O)NNC(=O)OCCSSC[C@@H](C)NC(=O)[C@H](Cc2c[nH]cn2)NC(=O)[C@H](CC(=O)O)NC(=O)NCCCC[C@@H](C)NC(=O)N[C@@H](CCC(=O)O)C(=O)O)cs1)C(C)C. The Morgan fingerprint density at radius 1 is 0.748 bits per heavy atom. The molecule has 12 atom stereocenters. The van der Waals surface area contributed by atoms with E-state index < -0.39 is 158 Å². The molecule has 1 aromatic carbocycles. The number of imidazole rings is 1. The summed E-state index contributed by atoms with van der Waals surface area (Å²) in [5.74, 6) is -8.98. The van der Waals surface area contributed by atoms with Gasteiger partial charge in [0, 0.05) is 85.4 Å². The number of hydrazine groups is 1. The van der Waals surface area contributed by atoms with Crippen molar-refractivity contribution < 1.29 is 97.3 Å². The van der Waals surface area contributed by atoms with E-state index in [2.05, 4.69) is 68.3 Å². The van der Waals surface area contributed by atoms with Crippen LogP contribution >= 0.6 is 32.9 Å². The minimum atomic E-state index is -1.62. The fraction of sp³-hybridized carbons (Fsp3) is 0.638. The van der Waals surface area contributed by atoms with Gasteiger partial charge in [-0.3, -0.25) is 53.5 Å². The number of esters is 1. The van der Waals surface area contributed by atoms with Crippen LogP contribution in [0.5, 0.6) is 5.75 Å². The number of phenols is 1.